The van der Waals surface area contributed by atoms with Gasteiger partial charge in [0.05, 0.1) is 0 Å². The van der Waals surface area contributed by atoms with Crippen molar-refractivity contribution in [1.29, 1.82) is 0 Å². The van der Waals surface area contributed by atoms with Crippen molar-refractivity contribution in [3.8, 4) is 0 Å². The van der Waals surface area contributed by atoms with Crippen molar-refractivity contribution in [1.82, 2.24) is 4.31 Å². The number of anilines is 1. The van der Waals surface area contributed by atoms with E-state index in [9.17, 15) is 13.2 Å². The van der Waals surface area contributed by atoms with Gasteiger partial charge in [-0.15, -0.1) is 11.3 Å². The predicted octanol–water partition coefficient (Wildman–Crippen LogP) is 3.51. The average Bonchev–Trinajstić information content (AvgIpc) is 3.19. The van der Waals surface area contributed by atoms with E-state index < -0.39 is 10.0 Å². The first kappa shape index (κ1) is 19.1. The first-order valence-corrected chi connectivity index (χ1v) is 11.2. The molecule has 2 heterocycles. The Labute approximate surface area is 159 Å². The van der Waals surface area contributed by atoms with Gasteiger partial charge in [-0.3, -0.25) is 4.79 Å². The van der Waals surface area contributed by atoms with Crippen molar-refractivity contribution >= 4 is 33.0 Å². The molecule has 26 heavy (non-hydrogen) atoms. The minimum atomic E-state index is -3.43. The third-order valence-corrected chi connectivity index (χ3v) is 8.15. The van der Waals surface area contributed by atoms with E-state index in [1.165, 1.54) is 15.6 Å². The lowest BCUT2D eigenvalue weighted by molar-refractivity contribution is -0.123. The van der Waals surface area contributed by atoms with Crippen LogP contribution in [0, 0.1) is 12.8 Å². The number of amides is 1. The zero-order valence-electron chi connectivity index (χ0n) is 15.1. The zero-order chi connectivity index (χ0) is 18.7. The second-order valence-corrected chi connectivity index (χ2v) is 9.59. The molecule has 5 nitrogen and oxygen atoms in total. The van der Waals surface area contributed by atoms with Crippen LogP contribution in [0.15, 0.2) is 46.0 Å². The molecular weight excluding hydrogens is 368 g/mol. The largest absolute Gasteiger partial charge is 0.312 e. The lowest BCUT2D eigenvalue weighted by Gasteiger charge is -2.33. The van der Waals surface area contributed by atoms with E-state index in [1.807, 2.05) is 43.0 Å². The van der Waals surface area contributed by atoms with Crippen LogP contribution in [0.2, 0.25) is 0 Å². The van der Waals surface area contributed by atoms with Gasteiger partial charge in [-0.2, -0.15) is 4.31 Å². The molecule has 1 aliphatic heterocycles. The third kappa shape index (κ3) is 3.70. The van der Waals surface area contributed by atoms with E-state index >= 15 is 0 Å². The van der Waals surface area contributed by atoms with Crippen LogP contribution in [0.1, 0.15) is 25.3 Å². The summed E-state index contributed by atoms with van der Waals surface area (Å²) in [4.78, 5) is 14.8. The SMILES string of the molecule is CCN(C(=O)C1CCN(S(=O)(=O)c2cccs2)CC1)c1ccccc1C. The van der Waals surface area contributed by atoms with Gasteiger partial charge in [0.15, 0.2) is 0 Å². The molecule has 1 amide bonds. The van der Waals surface area contributed by atoms with Crippen LogP contribution in [-0.2, 0) is 14.8 Å². The number of hydrogen-bond donors (Lipinski definition) is 0. The summed E-state index contributed by atoms with van der Waals surface area (Å²) in [5.41, 5.74) is 2.01. The van der Waals surface area contributed by atoms with Crippen molar-refractivity contribution in [3.05, 3.63) is 47.3 Å². The van der Waals surface area contributed by atoms with Crippen molar-refractivity contribution < 1.29 is 13.2 Å². The van der Waals surface area contributed by atoms with Crippen LogP contribution in [0.25, 0.3) is 0 Å². The monoisotopic (exact) mass is 392 g/mol. The minimum absolute atomic E-state index is 0.0926. The molecule has 0 radical (unpaired) electrons. The Morgan fingerprint density at radius 1 is 1.19 bits per heavy atom. The van der Waals surface area contributed by atoms with Gasteiger partial charge in [0.25, 0.3) is 10.0 Å². The van der Waals surface area contributed by atoms with E-state index in [2.05, 4.69) is 0 Å². The second kappa shape index (κ2) is 7.90. The first-order chi connectivity index (χ1) is 12.4. The molecular formula is C19H24N2O3S2. The summed E-state index contributed by atoms with van der Waals surface area (Å²) >= 11 is 1.23. The third-order valence-electron chi connectivity index (χ3n) is 4.88. The summed E-state index contributed by atoms with van der Waals surface area (Å²) in [6.07, 6.45) is 1.12. The highest BCUT2D eigenvalue weighted by Gasteiger charge is 2.34. The number of carbonyl (C=O) groups is 1. The Hall–Kier alpha value is -1.70. The Kier molecular flexibility index (Phi) is 5.79. The minimum Gasteiger partial charge on any atom is -0.312 e. The Balaban J connectivity index is 1.69. The van der Waals surface area contributed by atoms with Gasteiger partial charge in [-0.1, -0.05) is 24.3 Å². The molecule has 1 aromatic heterocycles. The van der Waals surface area contributed by atoms with Crippen LogP contribution in [0.3, 0.4) is 0 Å². The lowest BCUT2D eigenvalue weighted by Crippen LogP contribution is -2.44. The molecule has 1 aliphatic rings. The molecule has 140 valence electrons. The number of aryl methyl sites for hydroxylation is 1. The van der Waals surface area contributed by atoms with Gasteiger partial charge in [-0.05, 0) is 49.8 Å². The van der Waals surface area contributed by atoms with E-state index in [4.69, 9.17) is 0 Å². The number of carbonyl (C=O) groups excluding carboxylic acids is 1. The predicted molar refractivity (Wildman–Crippen MR) is 105 cm³/mol. The number of sulfonamides is 1. The molecule has 7 heteroatoms. The molecule has 1 aromatic carbocycles. The van der Waals surface area contributed by atoms with Gasteiger partial charge in [0.2, 0.25) is 5.91 Å². The maximum atomic E-state index is 13.0. The van der Waals surface area contributed by atoms with Gasteiger partial charge < -0.3 is 4.90 Å². The second-order valence-electron chi connectivity index (χ2n) is 6.48. The van der Waals surface area contributed by atoms with E-state index in [0.29, 0.717) is 36.7 Å². The fraction of sp³-hybridized carbons (Fsp3) is 0.421. The summed E-state index contributed by atoms with van der Waals surface area (Å²) in [6, 6.07) is 11.2. The number of nitrogens with zero attached hydrogens (tertiary/aromatic N) is 2. The van der Waals surface area contributed by atoms with Gasteiger partial charge in [-0.25, -0.2) is 8.42 Å². The number of thiophene rings is 1. The fourth-order valence-corrected chi connectivity index (χ4v) is 6.03. The van der Waals surface area contributed by atoms with Crippen LogP contribution in [-0.4, -0.2) is 38.3 Å². The summed E-state index contributed by atoms with van der Waals surface area (Å²) in [7, 11) is -3.43. The number of hydrogen-bond acceptors (Lipinski definition) is 4. The van der Waals surface area contributed by atoms with Gasteiger partial charge >= 0.3 is 0 Å². The Morgan fingerprint density at radius 2 is 1.88 bits per heavy atom. The smallest absolute Gasteiger partial charge is 0.252 e. The Bertz CT molecular complexity index is 855. The topological polar surface area (TPSA) is 57.7 Å². The highest BCUT2D eigenvalue weighted by atomic mass is 32.2. The van der Waals surface area contributed by atoms with Gasteiger partial charge in [0, 0.05) is 31.2 Å². The molecule has 2 aromatic rings. The summed E-state index contributed by atoms with van der Waals surface area (Å²) < 4.78 is 27.1. The number of rotatable bonds is 5. The first-order valence-electron chi connectivity index (χ1n) is 8.85. The number of benzene rings is 1. The van der Waals surface area contributed by atoms with Gasteiger partial charge in [0.1, 0.15) is 4.21 Å². The average molecular weight is 393 g/mol. The molecule has 0 unspecified atom stereocenters. The van der Waals surface area contributed by atoms with Crippen molar-refractivity contribution in [2.24, 2.45) is 5.92 Å². The molecule has 0 N–H and O–H groups in total. The number of para-hydroxylation sites is 1. The standard InChI is InChI=1S/C19H24N2O3S2/c1-3-21(17-8-5-4-7-15(17)2)19(22)16-10-12-20(13-11-16)26(23,24)18-9-6-14-25-18/h4-9,14,16H,3,10-13H2,1-2H3. The molecule has 0 spiro atoms. The summed E-state index contributed by atoms with van der Waals surface area (Å²) in [6.45, 7) is 5.36. The molecule has 0 saturated carbocycles. The highest BCUT2D eigenvalue weighted by molar-refractivity contribution is 7.91. The molecule has 1 saturated heterocycles. The zero-order valence-corrected chi connectivity index (χ0v) is 16.7. The summed E-state index contributed by atoms with van der Waals surface area (Å²) in [5, 5.41) is 1.77. The van der Waals surface area contributed by atoms with Crippen LogP contribution < -0.4 is 4.90 Å². The number of piperidine rings is 1. The molecule has 0 atom stereocenters. The van der Waals surface area contributed by atoms with Crippen LogP contribution >= 0.6 is 11.3 Å². The highest BCUT2D eigenvalue weighted by Crippen LogP contribution is 2.29. The van der Waals surface area contributed by atoms with E-state index in [0.717, 1.165) is 11.3 Å². The molecule has 1 fully saturated rings. The molecule has 3 rings (SSSR count). The van der Waals surface area contributed by atoms with E-state index in [-0.39, 0.29) is 11.8 Å². The van der Waals surface area contributed by atoms with Crippen LogP contribution in [0.4, 0.5) is 5.69 Å². The maximum absolute atomic E-state index is 13.0. The summed E-state index contributed by atoms with van der Waals surface area (Å²) in [5.74, 6) is -0.0423. The van der Waals surface area contributed by atoms with E-state index in [1.54, 1.807) is 17.5 Å². The van der Waals surface area contributed by atoms with Crippen molar-refractivity contribution in [3.63, 3.8) is 0 Å². The quantitative estimate of drug-likeness (QED) is 0.782. The van der Waals surface area contributed by atoms with Crippen molar-refractivity contribution in [2.45, 2.75) is 30.9 Å². The Morgan fingerprint density at radius 3 is 2.46 bits per heavy atom. The van der Waals surface area contributed by atoms with Crippen LogP contribution in [0.5, 0.6) is 0 Å². The maximum Gasteiger partial charge on any atom is 0.252 e. The van der Waals surface area contributed by atoms with Crippen molar-refractivity contribution in [2.75, 3.05) is 24.5 Å². The molecule has 0 aliphatic carbocycles. The normalized spacial score (nSPS) is 16.5. The fourth-order valence-electron chi connectivity index (χ4n) is 3.41. The molecule has 0 bridgehead atoms. The lowest BCUT2D eigenvalue weighted by atomic mass is 9.96.